The van der Waals surface area contributed by atoms with Crippen LogP contribution in [0.15, 0.2) is 24.5 Å². The van der Waals surface area contributed by atoms with Gasteiger partial charge in [-0.1, -0.05) is 0 Å². The van der Waals surface area contributed by atoms with Crippen LogP contribution in [0.1, 0.15) is 0 Å². The molecule has 2 heterocycles. The first-order chi connectivity index (χ1) is 4.88. The molecule has 0 saturated carbocycles. The fourth-order valence-electron chi connectivity index (χ4n) is 0.946. The zero-order chi connectivity index (χ0) is 6.97. The molecule has 0 aliphatic heterocycles. The lowest BCUT2D eigenvalue weighted by Gasteiger charge is -1.90. The maximum atomic E-state index is 9.20. The highest BCUT2D eigenvalue weighted by Gasteiger charge is 1.97. The van der Waals surface area contributed by atoms with E-state index in [4.69, 9.17) is 0 Å². The largest absolute Gasteiger partial charge is 0.507 e. The zero-order valence-electron chi connectivity index (χ0n) is 5.20. The Hall–Kier alpha value is -1.51. The predicted molar refractivity (Wildman–Crippen MR) is 37.8 cm³/mol. The summed E-state index contributed by atoms with van der Waals surface area (Å²) in [5.74, 6) is 0.270. The number of rotatable bonds is 0. The lowest BCUT2D eigenvalue weighted by atomic mass is 10.3. The number of nitrogens with zero attached hydrogens (tertiary/aromatic N) is 1. The van der Waals surface area contributed by atoms with Crippen molar-refractivity contribution in [1.82, 2.24) is 9.97 Å². The van der Waals surface area contributed by atoms with Crippen molar-refractivity contribution in [1.29, 1.82) is 0 Å². The van der Waals surface area contributed by atoms with Crippen LogP contribution >= 0.6 is 0 Å². The number of hydrogen-bond acceptors (Lipinski definition) is 2. The van der Waals surface area contributed by atoms with E-state index in [9.17, 15) is 5.11 Å². The molecule has 0 aliphatic carbocycles. The molecule has 0 saturated heterocycles. The summed E-state index contributed by atoms with van der Waals surface area (Å²) in [6, 6.07) is 3.36. The van der Waals surface area contributed by atoms with Crippen molar-refractivity contribution in [2.24, 2.45) is 0 Å². The second-order valence-electron chi connectivity index (χ2n) is 2.07. The van der Waals surface area contributed by atoms with Crippen molar-refractivity contribution in [3.8, 4) is 5.75 Å². The van der Waals surface area contributed by atoms with E-state index >= 15 is 0 Å². The normalized spacial score (nSPS) is 10.4. The maximum Gasteiger partial charge on any atom is 0.140 e. The van der Waals surface area contributed by atoms with Crippen molar-refractivity contribution in [2.45, 2.75) is 0 Å². The van der Waals surface area contributed by atoms with Gasteiger partial charge >= 0.3 is 0 Å². The summed E-state index contributed by atoms with van der Waals surface area (Å²) in [5, 5.41) is 9.97. The van der Waals surface area contributed by atoms with Crippen molar-refractivity contribution in [2.75, 3.05) is 0 Å². The Kier molecular flexibility index (Phi) is 0.917. The van der Waals surface area contributed by atoms with Gasteiger partial charge in [0.05, 0.1) is 5.39 Å². The summed E-state index contributed by atoms with van der Waals surface area (Å²) < 4.78 is 0. The first-order valence-corrected chi connectivity index (χ1v) is 2.99. The minimum Gasteiger partial charge on any atom is -0.507 e. The molecule has 3 heteroatoms. The lowest BCUT2D eigenvalue weighted by molar-refractivity contribution is 0.481. The third kappa shape index (κ3) is 0.572. The Morgan fingerprint density at radius 2 is 2.30 bits per heavy atom. The number of H-pyrrole nitrogens is 1. The maximum absolute atomic E-state index is 9.20. The molecule has 0 spiro atoms. The van der Waals surface area contributed by atoms with E-state index in [-0.39, 0.29) is 5.75 Å². The molecule has 0 unspecified atom stereocenters. The molecule has 0 fully saturated rings. The van der Waals surface area contributed by atoms with E-state index in [1.807, 2.05) is 0 Å². The minimum absolute atomic E-state index is 0.270. The summed E-state index contributed by atoms with van der Waals surface area (Å²) in [6.45, 7) is 0. The van der Waals surface area contributed by atoms with Crippen LogP contribution in [-0.2, 0) is 0 Å². The zero-order valence-corrected chi connectivity index (χ0v) is 5.20. The van der Waals surface area contributed by atoms with Crippen LogP contribution in [0.25, 0.3) is 11.0 Å². The second-order valence-corrected chi connectivity index (χ2v) is 2.07. The smallest absolute Gasteiger partial charge is 0.140 e. The topological polar surface area (TPSA) is 48.9 Å². The molecular weight excluding hydrogens is 128 g/mol. The Labute approximate surface area is 57.3 Å². The van der Waals surface area contributed by atoms with Gasteiger partial charge in [0.2, 0.25) is 0 Å². The molecule has 0 radical (unpaired) electrons. The van der Waals surface area contributed by atoms with Gasteiger partial charge in [0.15, 0.2) is 0 Å². The van der Waals surface area contributed by atoms with Gasteiger partial charge in [0.1, 0.15) is 11.4 Å². The van der Waals surface area contributed by atoms with Crippen LogP contribution in [0.4, 0.5) is 0 Å². The van der Waals surface area contributed by atoms with Gasteiger partial charge in [-0.3, -0.25) is 0 Å². The third-order valence-electron chi connectivity index (χ3n) is 1.44. The van der Waals surface area contributed by atoms with Crippen molar-refractivity contribution in [3.05, 3.63) is 24.5 Å². The molecule has 0 aromatic carbocycles. The number of pyridine rings is 1. The number of aromatic amines is 1. The molecule has 0 bridgehead atoms. The van der Waals surface area contributed by atoms with Gasteiger partial charge in [-0.25, -0.2) is 4.98 Å². The van der Waals surface area contributed by atoms with E-state index in [0.29, 0.717) is 0 Å². The summed E-state index contributed by atoms with van der Waals surface area (Å²) >= 11 is 0. The summed E-state index contributed by atoms with van der Waals surface area (Å²) in [7, 11) is 0. The van der Waals surface area contributed by atoms with E-state index < -0.39 is 0 Å². The van der Waals surface area contributed by atoms with E-state index in [1.165, 1.54) is 0 Å². The van der Waals surface area contributed by atoms with Crippen molar-refractivity contribution in [3.63, 3.8) is 0 Å². The first kappa shape index (κ1) is 5.29. The molecule has 2 aromatic heterocycles. The quantitative estimate of drug-likeness (QED) is 0.570. The minimum atomic E-state index is 0.270. The van der Waals surface area contributed by atoms with Crippen LogP contribution in [0.3, 0.4) is 0 Å². The molecule has 2 aromatic rings. The van der Waals surface area contributed by atoms with Crippen LogP contribution < -0.4 is 0 Å². The molecular formula is C7H6N2O. The number of nitrogens with one attached hydrogen (secondary N) is 1. The third-order valence-corrected chi connectivity index (χ3v) is 1.44. The Morgan fingerprint density at radius 3 is 3.10 bits per heavy atom. The van der Waals surface area contributed by atoms with E-state index in [1.54, 1.807) is 24.5 Å². The SMILES string of the molecule is Oc1ccnc2[nH]ccc12. The molecule has 3 nitrogen and oxygen atoms in total. The lowest BCUT2D eigenvalue weighted by Crippen LogP contribution is -1.73. The molecule has 2 rings (SSSR count). The van der Waals surface area contributed by atoms with Gasteiger partial charge < -0.3 is 10.1 Å². The van der Waals surface area contributed by atoms with E-state index in [0.717, 1.165) is 11.0 Å². The standard InChI is InChI=1S/C7H6N2O/c10-6-2-4-9-7-5(6)1-3-8-7/h1-4H,(H2,8,9,10). The summed E-state index contributed by atoms with van der Waals surface area (Å²) in [4.78, 5) is 6.88. The van der Waals surface area contributed by atoms with Crippen LogP contribution in [0.5, 0.6) is 5.75 Å². The van der Waals surface area contributed by atoms with E-state index in [2.05, 4.69) is 9.97 Å². The monoisotopic (exact) mass is 134 g/mol. The first-order valence-electron chi connectivity index (χ1n) is 2.99. The Balaban J connectivity index is 2.95. The highest BCUT2D eigenvalue weighted by molar-refractivity contribution is 5.81. The Morgan fingerprint density at radius 1 is 1.40 bits per heavy atom. The molecule has 0 amide bonds. The van der Waals surface area contributed by atoms with Gasteiger partial charge in [0, 0.05) is 12.4 Å². The van der Waals surface area contributed by atoms with Gasteiger partial charge in [0.25, 0.3) is 0 Å². The van der Waals surface area contributed by atoms with Crippen LogP contribution in [0.2, 0.25) is 0 Å². The number of hydrogen-bond donors (Lipinski definition) is 2. The Bertz CT molecular complexity index is 353. The number of fused-ring (bicyclic) bond motifs is 1. The summed E-state index contributed by atoms with van der Waals surface area (Å²) in [6.07, 6.45) is 3.31. The van der Waals surface area contributed by atoms with Gasteiger partial charge in [-0.05, 0) is 12.1 Å². The molecule has 0 atom stereocenters. The number of aromatic hydroxyl groups is 1. The highest BCUT2D eigenvalue weighted by atomic mass is 16.3. The highest BCUT2D eigenvalue weighted by Crippen LogP contribution is 2.19. The molecule has 10 heavy (non-hydrogen) atoms. The predicted octanol–water partition coefficient (Wildman–Crippen LogP) is 1.27. The van der Waals surface area contributed by atoms with Gasteiger partial charge in [-0.2, -0.15) is 0 Å². The fourth-order valence-corrected chi connectivity index (χ4v) is 0.946. The van der Waals surface area contributed by atoms with Crippen molar-refractivity contribution < 1.29 is 5.11 Å². The van der Waals surface area contributed by atoms with Gasteiger partial charge in [-0.15, -0.1) is 0 Å². The van der Waals surface area contributed by atoms with Crippen molar-refractivity contribution >= 4 is 11.0 Å². The second kappa shape index (κ2) is 1.73. The summed E-state index contributed by atoms with van der Waals surface area (Å²) in [5.41, 5.74) is 0.722. The van der Waals surface area contributed by atoms with Crippen LogP contribution in [0, 0.1) is 0 Å². The molecule has 0 aliphatic rings. The fraction of sp³-hybridized carbons (Fsp3) is 0. The average Bonchev–Trinajstić information content (AvgIpc) is 2.36. The molecule has 50 valence electrons. The van der Waals surface area contributed by atoms with Crippen LogP contribution in [-0.4, -0.2) is 15.1 Å². The molecule has 2 N–H and O–H groups in total. The average molecular weight is 134 g/mol. The number of aromatic nitrogens is 2.